The smallest absolute Gasteiger partial charge is 0.257 e. The lowest BCUT2D eigenvalue weighted by atomic mass is 9.75. The fourth-order valence-corrected chi connectivity index (χ4v) is 4.11. The Balaban J connectivity index is 1.98. The summed E-state index contributed by atoms with van der Waals surface area (Å²) in [6.07, 6.45) is -1.51. The topological polar surface area (TPSA) is 97.3 Å². The third-order valence-corrected chi connectivity index (χ3v) is 5.84. The van der Waals surface area contributed by atoms with Gasteiger partial charge in [-0.05, 0) is 43.2 Å². The number of rotatable bonds is 3. The second-order valence-corrected chi connectivity index (χ2v) is 8.00. The fourth-order valence-electron chi connectivity index (χ4n) is 4.11. The molecule has 7 heteroatoms. The molecule has 0 aromatic heterocycles. The molecule has 0 saturated heterocycles. The van der Waals surface area contributed by atoms with Crippen molar-refractivity contribution in [3.63, 3.8) is 0 Å². The molecule has 7 nitrogen and oxygen atoms in total. The standard InChI is InChI=1S/C22H25NO6/c1-21(2)16(24)11-12-5-10-15-17(18(12)29-21)22(26,19(28-4)20(25)23-15)13-6-8-14(27-3)9-7-13/h5-10,16,19,24,26H,11H2,1-4H3,(H,23,25)/t16-,19+,22-/m1/s1. The van der Waals surface area contributed by atoms with Crippen LogP contribution in [0.15, 0.2) is 36.4 Å². The van der Waals surface area contributed by atoms with Crippen LogP contribution in [0.2, 0.25) is 0 Å². The van der Waals surface area contributed by atoms with E-state index < -0.39 is 29.3 Å². The monoisotopic (exact) mass is 399 g/mol. The lowest BCUT2D eigenvalue weighted by Crippen LogP contribution is -2.54. The third-order valence-electron chi connectivity index (χ3n) is 5.84. The molecule has 2 aliphatic rings. The van der Waals surface area contributed by atoms with Crippen molar-refractivity contribution in [2.24, 2.45) is 0 Å². The number of aliphatic hydroxyl groups is 2. The zero-order valence-electron chi connectivity index (χ0n) is 16.9. The number of amides is 1. The SMILES string of the molecule is COc1ccc([C@@]2(O)c3c(ccc4c3OC(C)(C)[C@H](O)C4)NC(=O)[C@@H]2OC)cc1. The molecule has 2 heterocycles. The maximum atomic E-state index is 12.7. The highest BCUT2D eigenvalue weighted by Gasteiger charge is 2.53. The van der Waals surface area contributed by atoms with Gasteiger partial charge in [0.2, 0.25) is 0 Å². The molecule has 0 spiro atoms. The van der Waals surface area contributed by atoms with Gasteiger partial charge in [-0.2, -0.15) is 0 Å². The second kappa shape index (κ2) is 6.73. The lowest BCUT2D eigenvalue weighted by molar-refractivity contribution is -0.143. The Morgan fingerprint density at radius 3 is 2.45 bits per heavy atom. The zero-order valence-corrected chi connectivity index (χ0v) is 16.9. The number of carbonyl (C=O) groups is 1. The fraction of sp³-hybridized carbons (Fsp3) is 0.409. The highest BCUT2D eigenvalue weighted by molar-refractivity contribution is 6.00. The molecular formula is C22H25NO6. The van der Waals surface area contributed by atoms with Crippen molar-refractivity contribution in [2.45, 2.75) is 43.7 Å². The van der Waals surface area contributed by atoms with Gasteiger partial charge in [-0.15, -0.1) is 0 Å². The molecule has 0 saturated carbocycles. The average molecular weight is 399 g/mol. The molecule has 0 bridgehead atoms. The van der Waals surface area contributed by atoms with Gasteiger partial charge in [0.1, 0.15) is 17.1 Å². The number of nitrogens with one attached hydrogen (secondary N) is 1. The van der Waals surface area contributed by atoms with Crippen molar-refractivity contribution in [1.82, 2.24) is 0 Å². The first-order valence-corrected chi connectivity index (χ1v) is 9.46. The van der Waals surface area contributed by atoms with Gasteiger partial charge >= 0.3 is 0 Å². The Kier molecular flexibility index (Phi) is 4.57. The number of ether oxygens (including phenoxy) is 3. The number of hydrogen-bond acceptors (Lipinski definition) is 6. The zero-order chi connectivity index (χ0) is 21.0. The van der Waals surface area contributed by atoms with E-state index >= 15 is 0 Å². The van der Waals surface area contributed by atoms with E-state index in [-0.39, 0.29) is 0 Å². The molecular weight excluding hydrogens is 374 g/mol. The maximum absolute atomic E-state index is 12.7. The van der Waals surface area contributed by atoms with E-state index in [2.05, 4.69) is 5.32 Å². The Morgan fingerprint density at radius 1 is 1.14 bits per heavy atom. The van der Waals surface area contributed by atoms with Gasteiger partial charge < -0.3 is 29.7 Å². The Bertz CT molecular complexity index is 955. The molecule has 4 rings (SSSR count). The molecule has 0 aliphatic carbocycles. The van der Waals surface area contributed by atoms with E-state index in [1.165, 1.54) is 7.11 Å². The molecule has 3 atom stereocenters. The average Bonchev–Trinajstić information content (AvgIpc) is 2.68. The summed E-state index contributed by atoms with van der Waals surface area (Å²) in [5.74, 6) is 0.633. The normalized spacial score (nSPS) is 27.3. The van der Waals surface area contributed by atoms with Crippen LogP contribution in [0.5, 0.6) is 11.5 Å². The van der Waals surface area contributed by atoms with Crippen LogP contribution in [0.25, 0.3) is 0 Å². The lowest BCUT2D eigenvalue weighted by Gasteiger charge is -2.45. The summed E-state index contributed by atoms with van der Waals surface area (Å²) in [7, 11) is 2.94. The van der Waals surface area contributed by atoms with Crippen LogP contribution < -0.4 is 14.8 Å². The number of fused-ring (bicyclic) bond motifs is 3. The Hall–Kier alpha value is -2.61. The minimum absolute atomic E-state index is 0.375. The van der Waals surface area contributed by atoms with Crippen LogP contribution in [0, 0.1) is 0 Å². The van der Waals surface area contributed by atoms with E-state index in [0.717, 1.165) is 5.56 Å². The first-order chi connectivity index (χ1) is 13.7. The van der Waals surface area contributed by atoms with Gasteiger partial charge in [-0.25, -0.2) is 0 Å². The van der Waals surface area contributed by atoms with Crippen LogP contribution in [0.3, 0.4) is 0 Å². The summed E-state index contributed by atoms with van der Waals surface area (Å²) in [5.41, 5.74) is -0.537. The van der Waals surface area contributed by atoms with Crippen molar-refractivity contribution in [3.05, 3.63) is 53.1 Å². The number of hydrogen-bond donors (Lipinski definition) is 3. The molecule has 2 aromatic carbocycles. The molecule has 2 aromatic rings. The van der Waals surface area contributed by atoms with Gasteiger partial charge in [0.25, 0.3) is 5.91 Å². The van der Waals surface area contributed by atoms with Gasteiger partial charge in [0.05, 0.1) is 24.5 Å². The summed E-state index contributed by atoms with van der Waals surface area (Å²) >= 11 is 0. The first kappa shape index (κ1) is 19.7. The predicted octanol–water partition coefficient (Wildman–Crippen LogP) is 1.97. The molecule has 0 radical (unpaired) electrons. The van der Waals surface area contributed by atoms with E-state index in [9.17, 15) is 15.0 Å². The van der Waals surface area contributed by atoms with Gasteiger partial charge in [-0.1, -0.05) is 18.2 Å². The summed E-state index contributed by atoms with van der Waals surface area (Å²) < 4.78 is 16.8. The molecule has 154 valence electrons. The maximum Gasteiger partial charge on any atom is 0.257 e. The molecule has 3 N–H and O–H groups in total. The van der Waals surface area contributed by atoms with Gasteiger partial charge in [0.15, 0.2) is 11.7 Å². The number of aliphatic hydroxyl groups excluding tert-OH is 1. The van der Waals surface area contributed by atoms with Crippen LogP contribution in [-0.4, -0.2) is 48.1 Å². The minimum Gasteiger partial charge on any atom is -0.497 e. The summed E-state index contributed by atoms with van der Waals surface area (Å²) in [4.78, 5) is 12.7. The molecule has 29 heavy (non-hydrogen) atoms. The molecule has 0 fully saturated rings. The van der Waals surface area contributed by atoms with E-state index in [4.69, 9.17) is 14.2 Å². The first-order valence-electron chi connectivity index (χ1n) is 9.46. The Morgan fingerprint density at radius 2 is 1.83 bits per heavy atom. The number of methoxy groups -OCH3 is 2. The number of carbonyl (C=O) groups excluding carboxylic acids is 1. The van der Waals surface area contributed by atoms with Crippen molar-refractivity contribution >= 4 is 11.6 Å². The highest BCUT2D eigenvalue weighted by Crippen LogP contribution is 2.50. The second-order valence-electron chi connectivity index (χ2n) is 8.00. The molecule has 2 aliphatic heterocycles. The van der Waals surface area contributed by atoms with Crippen molar-refractivity contribution in [2.75, 3.05) is 19.5 Å². The van der Waals surface area contributed by atoms with Crippen LogP contribution in [0.1, 0.15) is 30.5 Å². The summed E-state index contributed by atoms with van der Waals surface area (Å²) in [5, 5.41) is 25.3. The summed E-state index contributed by atoms with van der Waals surface area (Å²) in [6, 6.07) is 10.4. The van der Waals surface area contributed by atoms with E-state index in [1.807, 2.05) is 0 Å². The quantitative estimate of drug-likeness (QED) is 0.730. The van der Waals surface area contributed by atoms with Gasteiger partial charge in [-0.3, -0.25) is 4.79 Å². The Labute approximate surface area is 169 Å². The van der Waals surface area contributed by atoms with Crippen molar-refractivity contribution in [1.29, 1.82) is 0 Å². The molecule has 1 amide bonds. The van der Waals surface area contributed by atoms with Crippen molar-refractivity contribution in [3.8, 4) is 11.5 Å². The number of benzene rings is 2. The minimum atomic E-state index is -1.79. The van der Waals surface area contributed by atoms with Crippen LogP contribution >= 0.6 is 0 Å². The summed E-state index contributed by atoms with van der Waals surface area (Å²) in [6.45, 7) is 3.59. The van der Waals surface area contributed by atoms with Crippen molar-refractivity contribution < 1.29 is 29.2 Å². The van der Waals surface area contributed by atoms with Crippen LogP contribution in [0.4, 0.5) is 5.69 Å². The van der Waals surface area contributed by atoms with E-state index in [0.29, 0.717) is 34.7 Å². The highest BCUT2D eigenvalue weighted by atomic mass is 16.5. The largest absolute Gasteiger partial charge is 0.497 e. The third kappa shape index (κ3) is 2.88. The van der Waals surface area contributed by atoms with Gasteiger partial charge in [0, 0.05) is 13.5 Å². The predicted molar refractivity (Wildman–Crippen MR) is 106 cm³/mol. The molecule has 0 unspecified atom stereocenters. The van der Waals surface area contributed by atoms with E-state index in [1.54, 1.807) is 57.4 Å². The van der Waals surface area contributed by atoms with Crippen LogP contribution in [-0.2, 0) is 21.6 Å². The number of anilines is 1.